The number of aromatic nitrogens is 1. The molecule has 1 heterocycles. The molecule has 0 aliphatic rings. The molecule has 0 amide bonds. The number of carbonyl (C=O) groups excluding carboxylic acids is 2. The Bertz CT molecular complexity index is 557. The minimum atomic E-state index is -1.39. The van der Waals surface area contributed by atoms with Crippen LogP contribution in [-0.2, 0) is 24.5 Å². The maximum atomic E-state index is 11.9. The van der Waals surface area contributed by atoms with Crippen LogP contribution in [0, 0.1) is 11.3 Å². The molecule has 0 spiro atoms. The van der Waals surface area contributed by atoms with Crippen LogP contribution in [0.15, 0.2) is 18.3 Å². The van der Waals surface area contributed by atoms with E-state index in [-0.39, 0.29) is 26.1 Å². The molecule has 0 bridgehead atoms. The van der Waals surface area contributed by atoms with Crippen molar-refractivity contribution in [1.82, 2.24) is 4.98 Å². The number of hydrogen-bond acceptors (Lipinski definition) is 7. The predicted molar refractivity (Wildman–Crippen MR) is 80.6 cm³/mol. The zero-order chi connectivity index (χ0) is 17.3. The van der Waals surface area contributed by atoms with Gasteiger partial charge in [-0.3, -0.25) is 9.59 Å². The molecule has 0 unspecified atom stereocenters. The van der Waals surface area contributed by atoms with Crippen LogP contribution in [0.2, 0.25) is 0 Å². The summed E-state index contributed by atoms with van der Waals surface area (Å²) in [4.78, 5) is 27.8. The molecule has 0 radical (unpaired) electrons. The van der Waals surface area contributed by atoms with Crippen LogP contribution in [0.4, 0.5) is 0 Å². The quantitative estimate of drug-likeness (QED) is 0.673. The molecule has 0 aliphatic carbocycles. The van der Waals surface area contributed by atoms with Gasteiger partial charge in [-0.05, 0) is 19.4 Å². The molecule has 0 atom stereocenters. The van der Waals surface area contributed by atoms with Crippen LogP contribution in [0.3, 0.4) is 0 Å². The third kappa shape index (κ3) is 4.95. The summed E-state index contributed by atoms with van der Waals surface area (Å²) in [7, 11) is 1.47. The second kappa shape index (κ2) is 8.73. The summed E-state index contributed by atoms with van der Waals surface area (Å²) in [5, 5.41) is 9.67. The van der Waals surface area contributed by atoms with Crippen molar-refractivity contribution in [3.05, 3.63) is 23.9 Å². The highest BCUT2D eigenvalue weighted by Crippen LogP contribution is 2.32. The van der Waals surface area contributed by atoms with Crippen molar-refractivity contribution in [2.24, 2.45) is 0 Å². The molecule has 124 valence electrons. The number of nitriles is 1. The number of ether oxygens (including phenoxy) is 3. The van der Waals surface area contributed by atoms with Crippen LogP contribution in [0.25, 0.3) is 0 Å². The Kier molecular flexibility index (Phi) is 7.00. The maximum Gasteiger partial charge on any atom is 0.307 e. The summed E-state index contributed by atoms with van der Waals surface area (Å²) in [6, 6.07) is 5.24. The molecule has 0 N–H and O–H groups in total. The normalized spacial score (nSPS) is 10.5. The summed E-state index contributed by atoms with van der Waals surface area (Å²) in [6.07, 6.45) is 0.898. The van der Waals surface area contributed by atoms with Crippen molar-refractivity contribution in [3.63, 3.8) is 0 Å². The highest BCUT2D eigenvalue weighted by molar-refractivity contribution is 5.77. The van der Waals surface area contributed by atoms with E-state index in [4.69, 9.17) is 14.2 Å². The van der Waals surface area contributed by atoms with Gasteiger partial charge in [-0.15, -0.1) is 0 Å². The van der Waals surface area contributed by atoms with Gasteiger partial charge in [0.15, 0.2) is 0 Å². The summed E-state index contributed by atoms with van der Waals surface area (Å²) in [6.45, 7) is 3.74. The number of nitrogens with zero attached hydrogens (tertiary/aromatic N) is 2. The van der Waals surface area contributed by atoms with Gasteiger partial charge in [-0.2, -0.15) is 5.26 Å². The van der Waals surface area contributed by atoms with Crippen LogP contribution >= 0.6 is 0 Å². The van der Waals surface area contributed by atoms with Crippen molar-refractivity contribution in [1.29, 1.82) is 5.26 Å². The van der Waals surface area contributed by atoms with E-state index in [1.165, 1.54) is 13.3 Å². The maximum absolute atomic E-state index is 11.9. The molecule has 0 aliphatic heterocycles. The van der Waals surface area contributed by atoms with Crippen molar-refractivity contribution < 1.29 is 23.8 Å². The lowest BCUT2D eigenvalue weighted by Gasteiger charge is -2.25. The van der Waals surface area contributed by atoms with Crippen molar-refractivity contribution in [3.8, 4) is 11.9 Å². The van der Waals surface area contributed by atoms with Gasteiger partial charge in [-0.25, -0.2) is 4.98 Å². The number of carbonyl (C=O) groups is 2. The van der Waals surface area contributed by atoms with E-state index in [1.807, 2.05) is 0 Å². The number of rotatable bonds is 8. The lowest BCUT2D eigenvalue weighted by atomic mass is 9.77. The Morgan fingerprint density at radius 1 is 1.17 bits per heavy atom. The second-order valence-electron chi connectivity index (χ2n) is 4.75. The first-order valence-electron chi connectivity index (χ1n) is 7.24. The largest absolute Gasteiger partial charge is 0.481 e. The van der Waals surface area contributed by atoms with E-state index in [0.29, 0.717) is 11.4 Å². The third-order valence-electron chi connectivity index (χ3n) is 3.21. The zero-order valence-electron chi connectivity index (χ0n) is 13.5. The summed E-state index contributed by atoms with van der Waals surface area (Å²) in [5.41, 5.74) is -0.959. The third-order valence-corrected chi connectivity index (χ3v) is 3.21. The summed E-state index contributed by atoms with van der Waals surface area (Å²) >= 11 is 0. The number of esters is 2. The van der Waals surface area contributed by atoms with E-state index in [0.717, 1.165) is 0 Å². The van der Waals surface area contributed by atoms with E-state index in [1.54, 1.807) is 26.0 Å². The lowest BCUT2D eigenvalue weighted by molar-refractivity contribution is -0.146. The fraction of sp³-hybridized carbons (Fsp3) is 0.500. The fourth-order valence-corrected chi connectivity index (χ4v) is 2.11. The SMILES string of the molecule is CCOC(=O)CC(C#N)(CC(=O)OCC)c1ccc(OC)nc1. The molecule has 1 aromatic heterocycles. The van der Waals surface area contributed by atoms with Crippen molar-refractivity contribution in [2.75, 3.05) is 20.3 Å². The first-order chi connectivity index (χ1) is 11.0. The first-order valence-corrected chi connectivity index (χ1v) is 7.24. The van der Waals surface area contributed by atoms with E-state index in [2.05, 4.69) is 11.1 Å². The van der Waals surface area contributed by atoms with Crippen LogP contribution in [0.1, 0.15) is 32.3 Å². The van der Waals surface area contributed by atoms with Crippen LogP contribution in [0.5, 0.6) is 5.88 Å². The van der Waals surface area contributed by atoms with Gasteiger partial charge in [-0.1, -0.05) is 6.07 Å². The monoisotopic (exact) mass is 320 g/mol. The van der Waals surface area contributed by atoms with E-state index in [9.17, 15) is 14.9 Å². The molecule has 23 heavy (non-hydrogen) atoms. The second-order valence-corrected chi connectivity index (χ2v) is 4.75. The van der Waals surface area contributed by atoms with Gasteiger partial charge in [0.25, 0.3) is 0 Å². The average Bonchev–Trinajstić information content (AvgIpc) is 2.54. The highest BCUT2D eigenvalue weighted by atomic mass is 16.5. The van der Waals surface area contributed by atoms with Gasteiger partial charge in [0.05, 0.1) is 39.2 Å². The van der Waals surface area contributed by atoms with E-state index >= 15 is 0 Å². The minimum Gasteiger partial charge on any atom is -0.481 e. The molecule has 0 saturated carbocycles. The standard InChI is InChI=1S/C16H20N2O5/c1-4-22-14(19)8-16(11-17,9-15(20)23-5-2)12-6-7-13(21-3)18-10-12/h6-7,10H,4-5,8-9H2,1-3H3. The molecule has 1 aromatic rings. The Hall–Kier alpha value is -2.62. The van der Waals surface area contributed by atoms with Gasteiger partial charge < -0.3 is 14.2 Å². The molecular formula is C16H20N2O5. The molecule has 0 saturated heterocycles. The number of pyridine rings is 1. The molecule has 7 nitrogen and oxygen atoms in total. The number of hydrogen-bond donors (Lipinski definition) is 0. The van der Waals surface area contributed by atoms with Gasteiger partial charge >= 0.3 is 11.9 Å². The predicted octanol–water partition coefficient (Wildman–Crippen LogP) is 1.76. The minimum absolute atomic E-state index is 0.195. The zero-order valence-corrected chi connectivity index (χ0v) is 13.5. The first kappa shape index (κ1) is 18.4. The smallest absolute Gasteiger partial charge is 0.307 e. The van der Waals surface area contributed by atoms with Crippen LogP contribution in [-0.4, -0.2) is 37.2 Å². The van der Waals surface area contributed by atoms with Crippen molar-refractivity contribution in [2.45, 2.75) is 32.1 Å². The lowest BCUT2D eigenvalue weighted by Crippen LogP contribution is -2.32. The summed E-state index contributed by atoms with van der Waals surface area (Å²) in [5.74, 6) is -0.754. The topological polar surface area (TPSA) is 98.5 Å². The molecule has 0 fully saturated rings. The number of methoxy groups -OCH3 is 1. The van der Waals surface area contributed by atoms with Crippen molar-refractivity contribution >= 4 is 11.9 Å². The Balaban J connectivity index is 3.17. The molecule has 7 heteroatoms. The Morgan fingerprint density at radius 2 is 1.74 bits per heavy atom. The van der Waals surface area contributed by atoms with Crippen LogP contribution < -0.4 is 4.74 Å². The molecular weight excluding hydrogens is 300 g/mol. The summed E-state index contributed by atoms with van der Waals surface area (Å²) < 4.78 is 14.8. The average molecular weight is 320 g/mol. The van der Waals surface area contributed by atoms with Gasteiger partial charge in [0, 0.05) is 12.3 Å². The fourth-order valence-electron chi connectivity index (χ4n) is 2.11. The molecule has 0 aromatic carbocycles. The molecule has 1 rings (SSSR count). The van der Waals surface area contributed by atoms with Gasteiger partial charge in [0.2, 0.25) is 5.88 Å². The van der Waals surface area contributed by atoms with Gasteiger partial charge in [0.1, 0.15) is 5.41 Å². The van der Waals surface area contributed by atoms with E-state index < -0.39 is 17.4 Å². The Morgan fingerprint density at radius 3 is 2.09 bits per heavy atom. The Labute approximate surface area is 135 Å². The highest BCUT2D eigenvalue weighted by Gasteiger charge is 2.39.